The molecule has 18 heavy (non-hydrogen) atoms. The van der Waals surface area contributed by atoms with Gasteiger partial charge >= 0.3 is 5.97 Å². The zero-order chi connectivity index (χ0) is 13.1. The highest BCUT2D eigenvalue weighted by Gasteiger charge is 2.30. The minimum atomic E-state index is -0.391. The summed E-state index contributed by atoms with van der Waals surface area (Å²) in [6, 6.07) is 0.333. The molecule has 1 saturated heterocycles. The number of rotatable bonds is 4. The van der Waals surface area contributed by atoms with Gasteiger partial charge in [0.1, 0.15) is 0 Å². The van der Waals surface area contributed by atoms with Gasteiger partial charge in [-0.1, -0.05) is 6.92 Å². The number of likely N-dealkylation sites (tertiary alicyclic amines) is 1. The number of ether oxygens (including phenoxy) is 1. The number of methoxy groups -OCH3 is 1. The van der Waals surface area contributed by atoms with E-state index in [0.29, 0.717) is 12.0 Å². The first-order valence-electron chi connectivity index (χ1n) is 6.43. The lowest BCUT2D eigenvalue weighted by molar-refractivity contribution is -0.151. The summed E-state index contributed by atoms with van der Waals surface area (Å²) in [5.41, 5.74) is 5.60. The Labute approximate surface area is 117 Å². The maximum atomic E-state index is 11.6. The van der Waals surface area contributed by atoms with Gasteiger partial charge in [-0.3, -0.25) is 4.79 Å². The Bertz CT molecular complexity index is 272. The fraction of sp³-hybridized carbons (Fsp3) is 0.923. The van der Waals surface area contributed by atoms with E-state index in [2.05, 4.69) is 11.8 Å². The molecule has 108 valence electrons. The molecule has 2 N–H and O–H groups in total. The van der Waals surface area contributed by atoms with Crippen molar-refractivity contribution in [2.24, 2.45) is 17.1 Å². The van der Waals surface area contributed by atoms with Crippen molar-refractivity contribution in [2.45, 2.75) is 39.7 Å². The molecular formula is C13H27ClN2O2. The molecule has 2 unspecified atom stereocenters. The van der Waals surface area contributed by atoms with Crippen molar-refractivity contribution in [1.29, 1.82) is 0 Å². The van der Waals surface area contributed by atoms with Gasteiger partial charge in [-0.05, 0) is 45.7 Å². The zero-order valence-corrected chi connectivity index (χ0v) is 12.8. The predicted octanol–water partition coefficient (Wildman–Crippen LogP) is 1.67. The quantitative estimate of drug-likeness (QED) is 0.795. The number of hydrogen-bond donors (Lipinski definition) is 1. The summed E-state index contributed by atoms with van der Waals surface area (Å²) in [6.45, 7) is 9.11. The Hall–Kier alpha value is -0.320. The summed E-state index contributed by atoms with van der Waals surface area (Å²) >= 11 is 0. The van der Waals surface area contributed by atoms with Crippen molar-refractivity contribution in [1.82, 2.24) is 4.90 Å². The number of carbonyl (C=O) groups excluding carboxylic acids is 1. The Morgan fingerprint density at radius 3 is 2.61 bits per heavy atom. The number of nitrogens with zero attached hydrogens (tertiary/aromatic N) is 1. The van der Waals surface area contributed by atoms with Gasteiger partial charge in [0.05, 0.1) is 12.5 Å². The van der Waals surface area contributed by atoms with E-state index in [1.54, 1.807) is 0 Å². The van der Waals surface area contributed by atoms with Crippen molar-refractivity contribution in [2.75, 3.05) is 26.7 Å². The van der Waals surface area contributed by atoms with Crippen LogP contribution >= 0.6 is 12.4 Å². The summed E-state index contributed by atoms with van der Waals surface area (Å²) in [5.74, 6) is 0.421. The van der Waals surface area contributed by atoms with Crippen LogP contribution in [0.5, 0.6) is 0 Å². The molecule has 5 heteroatoms. The van der Waals surface area contributed by atoms with Crippen LogP contribution in [-0.2, 0) is 9.53 Å². The van der Waals surface area contributed by atoms with Crippen LogP contribution in [0.2, 0.25) is 0 Å². The van der Waals surface area contributed by atoms with Gasteiger partial charge in [0.2, 0.25) is 0 Å². The maximum absolute atomic E-state index is 11.6. The van der Waals surface area contributed by atoms with Gasteiger partial charge in [-0.15, -0.1) is 12.4 Å². The Morgan fingerprint density at radius 1 is 1.50 bits per heavy atom. The molecule has 0 aromatic carbocycles. The number of piperidine rings is 1. The molecule has 1 aliphatic rings. The monoisotopic (exact) mass is 278 g/mol. The van der Waals surface area contributed by atoms with E-state index in [1.165, 1.54) is 7.11 Å². The molecule has 0 saturated carbocycles. The fourth-order valence-electron chi connectivity index (χ4n) is 2.27. The third-order valence-corrected chi connectivity index (χ3v) is 3.85. The molecule has 1 fully saturated rings. The molecule has 0 aliphatic carbocycles. The lowest BCUT2D eigenvalue weighted by Crippen LogP contribution is -2.47. The molecule has 0 aromatic rings. The third kappa shape index (κ3) is 4.75. The van der Waals surface area contributed by atoms with Crippen LogP contribution in [0.15, 0.2) is 0 Å². The van der Waals surface area contributed by atoms with Gasteiger partial charge in [-0.2, -0.15) is 0 Å². The fourth-order valence-corrected chi connectivity index (χ4v) is 2.27. The first-order chi connectivity index (χ1) is 7.86. The van der Waals surface area contributed by atoms with Crippen molar-refractivity contribution in [3.8, 4) is 0 Å². The number of esters is 1. The molecule has 2 atom stereocenters. The number of hydrogen-bond acceptors (Lipinski definition) is 4. The van der Waals surface area contributed by atoms with Crippen LogP contribution in [0.3, 0.4) is 0 Å². The highest BCUT2D eigenvalue weighted by Crippen LogP contribution is 2.24. The number of nitrogens with two attached hydrogens (primary N) is 1. The average Bonchev–Trinajstić information content (AvgIpc) is 2.29. The van der Waals surface area contributed by atoms with E-state index in [4.69, 9.17) is 10.5 Å². The highest BCUT2D eigenvalue weighted by molar-refractivity contribution is 5.85. The summed E-state index contributed by atoms with van der Waals surface area (Å²) in [4.78, 5) is 14.0. The Morgan fingerprint density at radius 2 is 2.11 bits per heavy atom. The molecular weight excluding hydrogens is 252 g/mol. The summed E-state index contributed by atoms with van der Waals surface area (Å²) < 4.78 is 4.82. The van der Waals surface area contributed by atoms with E-state index in [1.807, 2.05) is 13.8 Å². The van der Waals surface area contributed by atoms with E-state index in [9.17, 15) is 4.79 Å². The highest BCUT2D eigenvalue weighted by atomic mass is 35.5. The molecule has 4 nitrogen and oxygen atoms in total. The van der Waals surface area contributed by atoms with Crippen LogP contribution in [-0.4, -0.2) is 43.7 Å². The van der Waals surface area contributed by atoms with Crippen LogP contribution in [0.4, 0.5) is 0 Å². The SMILES string of the molecule is COC(=O)C(C)(C)CCN1CCC(N)C(C)C1.Cl. The predicted molar refractivity (Wildman–Crippen MR) is 75.9 cm³/mol. The van der Waals surface area contributed by atoms with Crippen molar-refractivity contribution in [3.63, 3.8) is 0 Å². The average molecular weight is 279 g/mol. The molecule has 1 heterocycles. The van der Waals surface area contributed by atoms with Gasteiger partial charge < -0.3 is 15.4 Å². The lowest BCUT2D eigenvalue weighted by atomic mass is 9.88. The maximum Gasteiger partial charge on any atom is 0.311 e. The van der Waals surface area contributed by atoms with E-state index < -0.39 is 5.41 Å². The van der Waals surface area contributed by atoms with Crippen molar-refractivity contribution < 1.29 is 9.53 Å². The van der Waals surface area contributed by atoms with Gasteiger partial charge in [0.15, 0.2) is 0 Å². The van der Waals surface area contributed by atoms with E-state index in [-0.39, 0.29) is 18.4 Å². The van der Waals surface area contributed by atoms with Crippen LogP contribution in [0, 0.1) is 11.3 Å². The zero-order valence-electron chi connectivity index (χ0n) is 11.9. The molecule has 0 spiro atoms. The molecule has 0 aromatic heterocycles. The molecule has 0 radical (unpaired) electrons. The summed E-state index contributed by atoms with van der Waals surface area (Å²) in [5, 5.41) is 0. The van der Waals surface area contributed by atoms with Crippen LogP contribution in [0.1, 0.15) is 33.6 Å². The second kappa shape index (κ2) is 7.31. The summed E-state index contributed by atoms with van der Waals surface area (Å²) in [7, 11) is 1.45. The van der Waals surface area contributed by atoms with Gasteiger partial charge in [0, 0.05) is 12.6 Å². The molecule has 1 aliphatic heterocycles. The second-order valence-corrected chi connectivity index (χ2v) is 5.86. The Balaban J connectivity index is 0.00000289. The number of carbonyl (C=O) groups is 1. The topological polar surface area (TPSA) is 55.6 Å². The molecule has 0 bridgehead atoms. The standard InChI is InChI=1S/C13H26N2O2.ClH/c1-10-9-15(7-5-11(10)14)8-6-13(2,3)12(16)17-4;/h10-11H,5-9,14H2,1-4H3;1H. The summed E-state index contributed by atoms with van der Waals surface area (Å²) in [6.07, 6.45) is 1.89. The van der Waals surface area contributed by atoms with E-state index >= 15 is 0 Å². The third-order valence-electron chi connectivity index (χ3n) is 3.85. The molecule has 1 rings (SSSR count). The lowest BCUT2D eigenvalue weighted by Gasteiger charge is -2.36. The minimum absolute atomic E-state index is 0. The first kappa shape index (κ1) is 17.7. The van der Waals surface area contributed by atoms with Gasteiger partial charge in [-0.25, -0.2) is 0 Å². The van der Waals surface area contributed by atoms with Crippen molar-refractivity contribution >= 4 is 18.4 Å². The Kier molecular flexibility index (Phi) is 7.18. The second-order valence-electron chi connectivity index (χ2n) is 5.86. The van der Waals surface area contributed by atoms with Crippen LogP contribution in [0.25, 0.3) is 0 Å². The largest absolute Gasteiger partial charge is 0.469 e. The number of halogens is 1. The first-order valence-corrected chi connectivity index (χ1v) is 6.43. The van der Waals surface area contributed by atoms with Crippen LogP contribution < -0.4 is 5.73 Å². The smallest absolute Gasteiger partial charge is 0.311 e. The normalized spacial score (nSPS) is 25.4. The minimum Gasteiger partial charge on any atom is -0.469 e. The molecule has 0 amide bonds. The van der Waals surface area contributed by atoms with Gasteiger partial charge in [0.25, 0.3) is 0 Å². The van der Waals surface area contributed by atoms with E-state index in [0.717, 1.165) is 32.5 Å². The van der Waals surface area contributed by atoms with Crippen molar-refractivity contribution in [3.05, 3.63) is 0 Å².